The highest BCUT2D eigenvalue weighted by atomic mass is 16.5. The Morgan fingerprint density at radius 2 is 2.09 bits per heavy atom. The fourth-order valence-corrected chi connectivity index (χ4v) is 2.14. The summed E-state index contributed by atoms with van der Waals surface area (Å²) in [7, 11) is 1.56. The molecule has 0 unspecified atom stereocenters. The number of likely N-dealkylation sites (N-methyl/N-ethyl adjacent to an activating group) is 1. The summed E-state index contributed by atoms with van der Waals surface area (Å²) in [6, 6.07) is 8.76. The summed E-state index contributed by atoms with van der Waals surface area (Å²) < 4.78 is 10.3. The Kier molecular flexibility index (Phi) is 5.41. The van der Waals surface area contributed by atoms with Crippen LogP contribution in [0.25, 0.3) is 0 Å². The van der Waals surface area contributed by atoms with Crippen LogP contribution in [0, 0.1) is 6.92 Å². The molecular formula is C17H20N2O4. The Labute approximate surface area is 135 Å². The summed E-state index contributed by atoms with van der Waals surface area (Å²) in [4.78, 5) is 26.0. The average Bonchev–Trinajstić information content (AvgIpc) is 2.98. The number of ether oxygens (including phenoxy) is 1. The Hall–Kier alpha value is -2.76. The predicted octanol–water partition coefficient (Wildman–Crippen LogP) is 2.70. The fraction of sp³-hybridized carbons (Fsp3) is 0.294. The zero-order chi connectivity index (χ0) is 16.8. The molecule has 2 rings (SSSR count). The molecule has 122 valence electrons. The van der Waals surface area contributed by atoms with E-state index in [4.69, 9.17) is 9.15 Å². The van der Waals surface area contributed by atoms with Gasteiger partial charge in [-0.2, -0.15) is 0 Å². The van der Waals surface area contributed by atoms with Crippen LogP contribution in [-0.2, 0) is 4.79 Å². The average molecular weight is 316 g/mol. The Balaban J connectivity index is 2.02. The van der Waals surface area contributed by atoms with Crippen LogP contribution in [0.3, 0.4) is 0 Å². The molecule has 1 heterocycles. The number of nitrogens with zero attached hydrogens (tertiary/aromatic N) is 1. The molecule has 23 heavy (non-hydrogen) atoms. The summed E-state index contributed by atoms with van der Waals surface area (Å²) in [6.45, 7) is 3.97. The van der Waals surface area contributed by atoms with Gasteiger partial charge in [-0.25, -0.2) is 0 Å². The number of rotatable bonds is 6. The lowest BCUT2D eigenvalue weighted by Gasteiger charge is -2.19. The molecule has 0 atom stereocenters. The lowest BCUT2D eigenvalue weighted by Crippen LogP contribution is -2.38. The summed E-state index contributed by atoms with van der Waals surface area (Å²) in [5.41, 5.74) is 1.37. The maximum absolute atomic E-state index is 12.4. The highest BCUT2D eigenvalue weighted by Crippen LogP contribution is 2.17. The molecule has 0 fully saturated rings. The van der Waals surface area contributed by atoms with Crippen molar-refractivity contribution in [1.82, 2.24) is 4.90 Å². The lowest BCUT2D eigenvalue weighted by molar-refractivity contribution is -0.116. The van der Waals surface area contributed by atoms with E-state index in [9.17, 15) is 9.59 Å². The number of aryl methyl sites for hydroxylation is 1. The molecule has 0 aliphatic heterocycles. The summed E-state index contributed by atoms with van der Waals surface area (Å²) in [6.07, 6.45) is 1.47. The first-order valence-corrected chi connectivity index (χ1v) is 7.32. The van der Waals surface area contributed by atoms with Gasteiger partial charge in [0.1, 0.15) is 12.3 Å². The Morgan fingerprint density at radius 1 is 1.30 bits per heavy atom. The first-order chi connectivity index (χ1) is 11.0. The van der Waals surface area contributed by atoms with Gasteiger partial charge in [0.15, 0.2) is 5.76 Å². The van der Waals surface area contributed by atoms with Gasteiger partial charge < -0.3 is 19.4 Å². The maximum atomic E-state index is 12.4. The zero-order valence-electron chi connectivity index (χ0n) is 13.5. The van der Waals surface area contributed by atoms with Crippen molar-refractivity contribution in [2.45, 2.75) is 13.8 Å². The van der Waals surface area contributed by atoms with Gasteiger partial charge in [-0.3, -0.25) is 9.59 Å². The van der Waals surface area contributed by atoms with E-state index in [0.29, 0.717) is 18.0 Å². The smallest absolute Gasteiger partial charge is 0.290 e. The van der Waals surface area contributed by atoms with Crippen LogP contribution in [0.1, 0.15) is 23.0 Å². The number of hydrogen-bond acceptors (Lipinski definition) is 4. The summed E-state index contributed by atoms with van der Waals surface area (Å²) in [5.74, 6) is 0.340. The van der Waals surface area contributed by atoms with Crippen molar-refractivity contribution in [3.63, 3.8) is 0 Å². The molecule has 2 aromatic rings. The van der Waals surface area contributed by atoms with Gasteiger partial charge in [0, 0.05) is 23.9 Å². The third-order valence-corrected chi connectivity index (χ3v) is 3.41. The molecule has 1 N–H and O–H groups in total. The number of furan rings is 1. The third kappa shape index (κ3) is 4.12. The number of hydrogen-bond donors (Lipinski definition) is 1. The second-order valence-electron chi connectivity index (χ2n) is 5.03. The fourth-order valence-electron chi connectivity index (χ4n) is 2.14. The molecule has 6 heteroatoms. The van der Waals surface area contributed by atoms with Crippen LogP contribution < -0.4 is 10.1 Å². The van der Waals surface area contributed by atoms with Crippen molar-refractivity contribution < 1.29 is 18.7 Å². The van der Waals surface area contributed by atoms with Crippen LogP contribution in [0.4, 0.5) is 5.69 Å². The van der Waals surface area contributed by atoms with Crippen molar-refractivity contribution >= 4 is 17.5 Å². The van der Waals surface area contributed by atoms with Crippen LogP contribution in [-0.4, -0.2) is 36.9 Å². The van der Waals surface area contributed by atoms with E-state index in [1.54, 1.807) is 44.4 Å². The van der Waals surface area contributed by atoms with Gasteiger partial charge in [-0.05, 0) is 32.0 Å². The molecule has 0 aliphatic rings. The Bertz CT molecular complexity index is 693. The highest BCUT2D eigenvalue weighted by molar-refractivity contribution is 5.98. The van der Waals surface area contributed by atoms with E-state index in [-0.39, 0.29) is 24.1 Å². The van der Waals surface area contributed by atoms with E-state index in [2.05, 4.69) is 5.32 Å². The molecule has 0 aliphatic carbocycles. The number of carbonyl (C=O) groups is 2. The molecule has 0 spiro atoms. The van der Waals surface area contributed by atoms with Gasteiger partial charge >= 0.3 is 0 Å². The first kappa shape index (κ1) is 16.6. The van der Waals surface area contributed by atoms with E-state index in [1.807, 2.05) is 6.92 Å². The minimum Gasteiger partial charge on any atom is -0.497 e. The first-order valence-electron chi connectivity index (χ1n) is 7.32. The SMILES string of the molecule is CCN(CC(=O)Nc1cccc(OC)c1)C(=O)c1occc1C. The number of amides is 2. The van der Waals surface area contributed by atoms with E-state index in [1.165, 1.54) is 11.2 Å². The van der Waals surface area contributed by atoms with Crippen molar-refractivity contribution in [3.8, 4) is 5.75 Å². The van der Waals surface area contributed by atoms with Crippen molar-refractivity contribution in [1.29, 1.82) is 0 Å². The van der Waals surface area contributed by atoms with E-state index < -0.39 is 0 Å². The summed E-state index contributed by atoms with van der Waals surface area (Å²) in [5, 5.41) is 2.75. The molecule has 0 saturated heterocycles. The second-order valence-corrected chi connectivity index (χ2v) is 5.03. The molecule has 0 saturated carbocycles. The number of methoxy groups -OCH3 is 1. The lowest BCUT2D eigenvalue weighted by atomic mass is 10.2. The molecule has 2 amide bonds. The van der Waals surface area contributed by atoms with Gasteiger partial charge in [0.25, 0.3) is 5.91 Å². The standard InChI is InChI=1S/C17H20N2O4/c1-4-19(17(21)16-12(2)8-9-23-16)11-15(20)18-13-6-5-7-14(10-13)22-3/h5-10H,4,11H2,1-3H3,(H,18,20). The maximum Gasteiger partial charge on any atom is 0.290 e. The molecule has 0 bridgehead atoms. The van der Waals surface area contributed by atoms with Gasteiger partial charge in [-0.1, -0.05) is 6.07 Å². The van der Waals surface area contributed by atoms with Crippen molar-refractivity contribution in [2.24, 2.45) is 0 Å². The monoisotopic (exact) mass is 316 g/mol. The van der Waals surface area contributed by atoms with Gasteiger partial charge in [0.2, 0.25) is 5.91 Å². The van der Waals surface area contributed by atoms with Crippen molar-refractivity contribution in [3.05, 3.63) is 47.9 Å². The number of nitrogens with one attached hydrogen (secondary N) is 1. The molecule has 1 aromatic heterocycles. The third-order valence-electron chi connectivity index (χ3n) is 3.41. The van der Waals surface area contributed by atoms with Crippen molar-refractivity contribution in [2.75, 3.05) is 25.5 Å². The minimum atomic E-state index is -0.296. The minimum absolute atomic E-state index is 0.0489. The zero-order valence-corrected chi connectivity index (χ0v) is 13.5. The number of carbonyl (C=O) groups excluding carboxylic acids is 2. The van der Waals surface area contributed by atoms with Crippen LogP contribution in [0.2, 0.25) is 0 Å². The predicted molar refractivity (Wildman–Crippen MR) is 86.6 cm³/mol. The topological polar surface area (TPSA) is 71.8 Å². The van der Waals surface area contributed by atoms with Crippen LogP contribution in [0.15, 0.2) is 41.0 Å². The molecule has 1 aromatic carbocycles. The summed E-state index contributed by atoms with van der Waals surface area (Å²) >= 11 is 0. The second kappa shape index (κ2) is 7.49. The highest BCUT2D eigenvalue weighted by Gasteiger charge is 2.21. The quantitative estimate of drug-likeness (QED) is 0.889. The number of anilines is 1. The molecular weight excluding hydrogens is 296 g/mol. The van der Waals surface area contributed by atoms with E-state index >= 15 is 0 Å². The van der Waals surface area contributed by atoms with Crippen LogP contribution in [0.5, 0.6) is 5.75 Å². The Morgan fingerprint density at radius 3 is 2.70 bits per heavy atom. The molecule has 0 radical (unpaired) electrons. The number of benzene rings is 1. The normalized spacial score (nSPS) is 10.2. The largest absolute Gasteiger partial charge is 0.497 e. The van der Waals surface area contributed by atoms with Crippen LogP contribution >= 0.6 is 0 Å². The van der Waals surface area contributed by atoms with E-state index in [0.717, 1.165) is 5.56 Å². The molecule has 6 nitrogen and oxygen atoms in total. The van der Waals surface area contributed by atoms with Gasteiger partial charge in [0.05, 0.1) is 13.4 Å². The van der Waals surface area contributed by atoms with Gasteiger partial charge in [-0.15, -0.1) is 0 Å².